The van der Waals surface area contributed by atoms with Gasteiger partial charge >= 0.3 is 0 Å². The van der Waals surface area contributed by atoms with Gasteiger partial charge in [-0.3, -0.25) is 14.3 Å². The highest BCUT2D eigenvalue weighted by atomic mass is 35.5. The van der Waals surface area contributed by atoms with Gasteiger partial charge < -0.3 is 9.80 Å². The van der Waals surface area contributed by atoms with Gasteiger partial charge in [-0.15, -0.1) is 0 Å². The Hall–Kier alpha value is -2.41. The molecule has 0 radical (unpaired) electrons. The lowest BCUT2D eigenvalue weighted by atomic mass is 10.1. The first kappa shape index (κ1) is 18.0. The third-order valence-corrected chi connectivity index (χ3v) is 5.53. The van der Waals surface area contributed by atoms with E-state index in [-0.39, 0.29) is 29.3 Å². The number of carbonyl (C=O) groups excluding carboxylic acids is 2. The van der Waals surface area contributed by atoms with E-state index in [0.717, 1.165) is 17.8 Å². The Labute approximate surface area is 161 Å². The van der Waals surface area contributed by atoms with Crippen LogP contribution in [0.15, 0.2) is 24.4 Å². The van der Waals surface area contributed by atoms with Crippen molar-refractivity contribution in [3.05, 3.63) is 46.5 Å². The normalized spacial score (nSPS) is 19.5. The molecule has 2 aliphatic rings. The molecule has 3 heterocycles. The average Bonchev–Trinajstić information content (AvgIpc) is 3.22. The molecule has 4 rings (SSSR count). The predicted molar refractivity (Wildman–Crippen MR) is 98.9 cm³/mol. The third-order valence-electron chi connectivity index (χ3n) is 5.24. The van der Waals surface area contributed by atoms with Crippen LogP contribution in [0.5, 0.6) is 0 Å². The molecule has 8 heteroatoms. The molecule has 1 atom stereocenters. The van der Waals surface area contributed by atoms with Crippen LogP contribution in [0.3, 0.4) is 0 Å². The van der Waals surface area contributed by atoms with Crippen LogP contribution in [0.25, 0.3) is 0 Å². The van der Waals surface area contributed by atoms with E-state index < -0.39 is 5.82 Å². The second-order valence-electron chi connectivity index (χ2n) is 7.10. The first-order valence-corrected chi connectivity index (χ1v) is 9.40. The van der Waals surface area contributed by atoms with Crippen molar-refractivity contribution in [1.82, 2.24) is 14.7 Å². The first-order valence-electron chi connectivity index (χ1n) is 9.02. The van der Waals surface area contributed by atoms with Crippen molar-refractivity contribution in [1.29, 1.82) is 0 Å². The van der Waals surface area contributed by atoms with Gasteiger partial charge in [0.2, 0.25) is 11.8 Å². The SMILES string of the molecule is C[C@H]1Cn2ncc(N3CCCC3=O)c2CN1C(=O)Cc1ccc(F)c(Cl)c1. The van der Waals surface area contributed by atoms with Crippen molar-refractivity contribution in [3.63, 3.8) is 0 Å². The molecule has 0 saturated carbocycles. The Morgan fingerprint density at radius 1 is 1.41 bits per heavy atom. The van der Waals surface area contributed by atoms with Gasteiger partial charge in [-0.2, -0.15) is 5.10 Å². The van der Waals surface area contributed by atoms with Crippen LogP contribution < -0.4 is 4.90 Å². The summed E-state index contributed by atoms with van der Waals surface area (Å²) >= 11 is 5.82. The summed E-state index contributed by atoms with van der Waals surface area (Å²) < 4.78 is 15.2. The molecule has 0 unspecified atom stereocenters. The summed E-state index contributed by atoms with van der Waals surface area (Å²) in [4.78, 5) is 28.5. The molecule has 2 amide bonds. The Morgan fingerprint density at radius 2 is 2.22 bits per heavy atom. The van der Waals surface area contributed by atoms with Crippen LogP contribution in [0.2, 0.25) is 5.02 Å². The zero-order chi connectivity index (χ0) is 19.1. The minimum Gasteiger partial charge on any atom is -0.332 e. The topological polar surface area (TPSA) is 58.4 Å². The van der Waals surface area contributed by atoms with Gasteiger partial charge in [0.25, 0.3) is 0 Å². The van der Waals surface area contributed by atoms with Crippen molar-refractivity contribution in [2.45, 2.75) is 45.3 Å². The second-order valence-corrected chi connectivity index (χ2v) is 7.51. The zero-order valence-corrected chi connectivity index (χ0v) is 15.7. The number of carbonyl (C=O) groups is 2. The molecule has 2 aromatic rings. The van der Waals surface area contributed by atoms with Gasteiger partial charge in [-0.05, 0) is 31.0 Å². The van der Waals surface area contributed by atoms with Crippen LogP contribution in [0, 0.1) is 5.82 Å². The molecule has 1 saturated heterocycles. The summed E-state index contributed by atoms with van der Waals surface area (Å²) in [6.07, 6.45) is 3.26. The number of fused-ring (bicyclic) bond motifs is 1. The number of aromatic nitrogens is 2. The lowest BCUT2D eigenvalue weighted by molar-refractivity contribution is -0.134. The minimum atomic E-state index is -0.497. The number of anilines is 1. The standard InChI is InChI=1S/C19H20ClFN4O2/c1-12-10-25-17(16(9-22-25)23-6-2-3-18(23)26)11-24(12)19(27)8-13-4-5-15(21)14(20)7-13/h4-5,7,9,12H,2-3,6,8,10-11H2,1H3/t12-/m0/s1. The van der Waals surface area contributed by atoms with E-state index in [1.165, 1.54) is 12.1 Å². The number of nitrogens with zero attached hydrogens (tertiary/aromatic N) is 4. The Kier molecular flexibility index (Phi) is 4.63. The summed E-state index contributed by atoms with van der Waals surface area (Å²) in [6, 6.07) is 4.31. The minimum absolute atomic E-state index is 0.0138. The molecule has 0 bridgehead atoms. The average molecular weight is 391 g/mol. The fourth-order valence-electron chi connectivity index (χ4n) is 3.77. The van der Waals surface area contributed by atoms with Gasteiger partial charge in [-0.25, -0.2) is 4.39 Å². The molecule has 27 heavy (non-hydrogen) atoms. The highest BCUT2D eigenvalue weighted by molar-refractivity contribution is 6.30. The molecule has 2 aliphatic heterocycles. The van der Waals surface area contributed by atoms with E-state index in [0.29, 0.717) is 31.6 Å². The third kappa shape index (κ3) is 3.32. The fourth-order valence-corrected chi connectivity index (χ4v) is 3.98. The van der Waals surface area contributed by atoms with Gasteiger partial charge in [0.15, 0.2) is 0 Å². The maximum atomic E-state index is 13.3. The second kappa shape index (κ2) is 6.96. The van der Waals surface area contributed by atoms with Crippen LogP contribution in [-0.4, -0.2) is 39.1 Å². The number of halogens is 2. The lowest BCUT2D eigenvalue weighted by Crippen LogP contribution is -2.46. The van der Waals surface area contributed by atoms with Crippen LogP contribution >= 0.6 is 11.6 Å². The van der Waals surface area contributed by atoms with Gasteiger partial charge in [-0.1, -0.05) is 17.7 Å². The van der Waals surface area contributed by atoms with Crippen molar-refractivity contribution < 1.29 is 14.0 Å². The molecular weight excluding hydrogens is 371 g/mol. The lowest BCUT2D eigenvalue weighted by Gasteiger charge is -2.35. The van der Waals surface area contributed by atoms with E-state index in [9.17, 15) is 14.0 Å². The maximum Gasteiger partial charge on any atom is 0.227 e. The molecule has 0 aliphatic carbocycles. The Bertz CT molecular complexity index is 913. The monoisotopic (exact) mass is 390 g/mol. The Balaban J connectivity index is 1.55. The molecular formula is C19H20ClFN4O2. The number of amides is 2. The highest BCUT2D eigenvalue weighted by Crippen LogP contribution is 2.30. The fraction of sp³-hybridized carbons (Fsp3) is 0.421. The van der Waals surface area contributed by atoms with Crippen LogP contribution in [0.4, 0.5) is 10.1 Å². The van der Waals surface area contributed by atoms with E-state index in [4.69, 9.17) is 11.6 Å². The zero-order valence-electron chi connectivity index (χ0n) is 15.0. The van der Waals surface area contributed by atoms with E-state index >= 15 is 0 Å². The number of benzene rings is 1. The molecule has 142 valence electrons. The van der Waals surface area contributed by atoms with Crippen LogP contribution in [-0.2, 0) is 29.1 Å². The van der Waals surface area contributed by atoms with Crippen molar-refractivity contribution in [3.8, 4) is 0 Å². The summed E-state index contributed by atoms with van der Waals surface area (Å²) in [5.41, 5.74) is 2.36. The molecule has 1 aromatic heterocycles. The van der Waals surface area contributed by atoms with E-state index in [1.807, 2.05) is 11.6 Å². The predicted octanol–water partition coefficient (Wildman–Crippen LogP) is 2.78. The number of rotatable bonds is 3. The maximum absolute atomic E-state index is 13.3. The van der Waals surface area contributed by atoms with Gasteiger partial charge in [0.1, 0.15) is 5.82 Å². The molecule has 6 nitrogen and oxygen atoms in total. The molecule has 1 fully saturated rings. The first-order chi connectivity index (χ1) is 12.9. The smallest absolute Gasteiger partial charge is 0.227 e. The number of hydrogen-bond donors (Lipinski definition) is 0. The molecule has 0 N–H and O–H groups in total. The van der Waals surface area contributed by atoms with Crippen molar-refractivity contribution in [2.24, 2.45) is 0 Å². The van der Waals surface area contributed by atoms with Crippen LogP contribution in [0.1, 0.15) is 31.0 Å². The quantitative estimate of drug-likeness (QED) is 0.809. The van der Waals surface area contributed by atoms with Crippen molar-refractivity contribution >= 4 is 29.1 Å². The summed E-state index contributed by atoms with van der Waals surface area (Å²) in [7, 11) is 0. The van der Waals surface area contributed by atoms with Crippen molar-refractivity contribution in [2.75, 3.05) is 11.4 Å². The molecule has 1 aromatic carbocycles. The summed E-state index contributed by atoms with van der Waals surface area (Å²) in [5.74, 6) is -0.456. The largest absolute Gasteiger partial charge is 0.332 e. The van der Waals surface area contributed by atoms with E-state index in [2.05, 4.69) is 5.10 Å². The summed E-state index contributed by atoms with van der Waals surface area (Å²) in [6.45, 7) is 3.64. The summed E-state index contributed by atoms with van der Waals surface area (Å²) in [5, 5.41) is 4.42. The number of hydrogen-bond acceptors (Lipinski definition) is 3. The van der Waals surface area contributed by atoms with Gasteiger partial charge in [0, 0.05) is 19.0 Å². The molecule has 0 spiro atoms. The Morgan fingerprint density at radius 3 is 2.93 bits per heavy atom. The highest BCUT2D eigenvalue weighted by Gasteiger charge is 2.33. The van der Waals surface area contributed by atoms with E-state index in [1.54, 1.807) is 22.1 Å². The van der Waals surface area contributed by atoms with Gasteiger partial charge in [0.05, 0.1) is 42.1 Å².